The highest BCUT2D eigenvalue weighted by atomic mass is 16.6. The summed E-state index contributed by atoms with van der Waals surface area (Å²) in [5, 5.41) is 0. The van der Waals surface area contributed by atoms with Crippen molar-refractivity contribution in [3.05, 3.63) is 59.4 Å². The molecule has 0 aliphatic carbocycles. The normalized spacial score (nSPS) is 19.7. The number of rotatable bonds is 4. The van der Waals surface area contributed by atoms with Crippen molar-refractivity contribution >= 4 is 23.5 Å². The third-order valence-electron chi connectivity index (χ3n) is 5.82. The molecule has 2 amide bonds. The van der Waals surface area contributed by atoms with Crippen LogP contribution < -0.4 is 4.90 Å². The minimum Gasteiger partial charge on any atom is -0.447 e. The van der Waals surface area contributed by atoms with Gasteiger partial charge in [0.1, 0.15) is 12.3 Å². The summed E-state index contributed by atoms with van der Waals surface area (Å²) in [6, 6.07) is 10.9. The van der Waals surface area contributed by atoms with Crippen molar-refractivity contribution in [2.24, 2.45) is 5.92 Å². The van der Waals surface area contributed by atoms with Crippen molar-refractivity contribution in [1.29, 1.82) is 0 Å². The monoisotopic (exact) mass is 407 g/mol. The van der Waals surface area contributed by atoms with Crippen LogP contribution in [0.4, 0.5) is 10.5 Å². The lowest BCUT2D eigenvalue weighted by molar-refractivity contribution is 0.0645. The van der Waals surface area contributed by atoms with Crippen LogP contribution in [0.1, 0.15) is 46.2 Å². The van der Waals surface area contributed by atoms with Gasteiger partial charge in [-0.25, -0.2) is 9.78 Å². The van der Waals surface area contributed by atoms with Crippen molar-refractivity contribution in [2.75, 3.05) is 24.6 Å². The van der Waals surface area contributed by atoms with Crippen LogP contribution in [0.3, 0.4) is 0 Å². The second-order valence-electron chi connectivity index (χ2n) is 7.99. The number of carbonyl (C=O) groups excluding carboxylic acids is 3. The molecule has 0 N–H and O–H groups in total. The Kier molecular flexibility index (Phi) is 5.53. The van der Waals surface area contributed by atoms with Gasteiger partial charge in [-0.3, -0.25) is 14.5 Å². The van der Waals surface area contributed by atoms with Gasteiger partial charge in [0.05, 0.1) is 17.9 Å². The van der Waals surface area contributed by atoms with Crippen molar-refractivity contribution in [3.63, 3.8) is 0 Å². The fourth-order valence-electron chi connectivity index (χ4n) is 3.99. The first kappa shape index (κ1) is 20.1. The maximum Gasteiger partial charge on any atom is 0.414 e. The Morgan fingerprint density at radius 1 is 1.07 bits per heavy atom. The number of cyclic esters (lactones) is 1. The summed E-state index contributed by atoms with van der Waals surface area (Å²) in [6.07, 6.45) is 2.43. The molecule has 1 aromatic heterocycles. The predicted octanol–water partition coefficient (Wildman–Crippen LogP) is 3.47. The third kappa shape index (κ3) is 3.92. The van der Waals surface area contributed by atoms with Gasteiger partial charge in [0.25, 0.3) is 5.91 Å². The summed E-state index contributed by atoms with van der Waals surface area (Å²) in [5.41, 5.74) is 2.81. The molecule has 4 rings (SSSR count). The van der Waals surface area contributed by atoms with Crippen molar-refractivity contribution < 1.29 is 19.1 Å². The van der Waals surface area contributed by atoms with Crippen LogP contribution >= 0.6 is 0 Å². The molecule has 1 unspecified atom stereocenters. The molecule has 30 heavy (non-hydrogen) atoms. The molecule has 1 aromatic carbocycles. The van der Waals surface area contributed by atoms with E-state index in [2.05, 4.69) is 4.98 Å². The minimum atomic E-state index is -0.399. The molecule has 2 aliphatic rings. The van der Waals surface area contributed by atoms with Gasteiger partial charge in [0.2, 0.25) is 0 Å². The highest BCUT2D eigenvalue weighted by Gasteiger charge is 2.32. The van der Waals surface area contributed by atoms with Crippen LogP contribution in [0.25, 0.3) is 0 Å². The third-order valence-corrected chi connectivity index (χ3v) is 5.82. The van der Waals surface area contributed by atoms with Crippen LogP contribution in [0.15, 0.2) is 42.6 Å². The van der Waals surface area contributed by atoms with Gasteiger partial charge in [-0.2, -0.15) is 0 Å². The maximum absolute atomic E-state index is 12.8. The molecular formula is C23H25N3O4. The molecule has 1 atom stereocenters. The van der Waals surface area contributed by atoms with E-state index in [1.54, 1.807) is 17.0 Å². The first-order valence-corrected chi connectivity index (χ1v) is 10.3. The molecule has 0 bridgehead atoms. The van der Waals surface area contributed by atoms with Gasteiger partial charge in [-0.1, -0.05) is 29.8 Å². The average Bonchev–Trinajstić information content (AvgIpc) is 3.11. The number of aromatic nitrogens is 1. The zero-order valence-corrected chi connectivity index (χ0v) is 17.2. The van der Waals surface area contributed by atoms with Crippen molar-refractivity contribution in [1.82, 2.24) is 9.88 Å². The smallest absolute Gasteiger partial charge is 0.414 e. The highest BCUT2D eigenvalue weighted by molar-refractivity contribution is 5.98. The molecule has 7 heteroatoms. The van der Waals surface area contributed by atoms with Crippen LogP contribution in [0.2, 0.25) is 0 Å². The summed E-state index contributed by atoms with van der Waals surface area (Å²) in [4.78, 5) is 44.9. The minimum absolute atomic E-state index is 0.0604. The standard InChI is InChI=1S/C23H25N3O4/c1-15-3-5-17(6-4-15)21(27)18-9-11-25(12-10-18)22(28)20-8-7-19(13-24-20)26-16(2)14-30-23(26)29/h3-8,13,16,18H,9-12,14H2,1-2H3. The van der Waals surface area contributed by atoms with E-state index in [9.17, 15) is 14.4 Å². The van der Waals surface area contributed by atoms with Gasteiger partial charge < -0.3 is 9.64 Å². The Balaban J connectivity index is 1.36. The number of aryl methyl sites for hydroxylation is 1. The molecule has 2 fully saturated rings. The number of piperidine rings is 1. The van der Waals surface area contributed by atoms with Crippen LogP contribution in [0, 0.1) is 12.8 Å². The molecule has 0 saturated carbocycles. The largest absolute Gasteiger partial charge is 0.447 e. The van der Waals surface area contributed by atoms with Gasteiger partial charge in [-0.05, 0) is 38.8 Å². The lowest BCUT2D eigenvalue weighted by atomic mass is 9.88. The fraction of sp³-hybridized carbons (Fsp3) is 0.391. The van der Waals surface area contributed by atoms with E-state index in [4.69, 9.17) is 4.74 Å². The summed E-state index contributed by atoms with van der Waals surface area (Å²) in [7, 11) is 0. The molecule has 156 valence electrons. The van der Waals surface area contributed by atoms with E-state index < -0.39 is 6.09 Å². The summed E-state index contributed by atoms with van der Waals surface area (Å²) >= 11 is 0. The van der Waals surface area contributed by atoms with E-state index in [1.807, 2.05) is 38.1 Å². The quantitative estimate of drug-likeness (QED) is 0.725. The number of ketones is 1. The molecule has 0 spiro atoms. The van der Waals surface area contributed by atoms with E-state index >= 15 is 0 Å². The van der Waals surface area contributed by atoms with Crippen molar-refractivity contribution in [3.8, 4) is 0 Å². The number of hydrogen-bond donors (Lipinski definition) is 0. The van der Waals surface area contributed by atoms with Gasteiger partial charge in [0, 0.05) is 24.6 Å². The Hall–Kier alpha value is -3.22. The first-order chi connectivity index (χ1) is 14.4. The molecule has 2 saturated heterocycles. The van der Waals surface area contributed by atoms with E-state index in [0.717, 1.165) is 11.1 Å². The number of amides is 2. The first-order valence-electron chi connectivity index (χ1n) is 10.3. The average molecular weight is 407 g/mol. The number of anilines is 1. The Morgan fingerprint density at radius 3 is 2.33 bits per heavy atom. The van der Waals surface area contributed by atoms with Crippen LogP contribution in [-0.4, -0.2) is 53.4 Å². The van der Waals surface area contributed by atoms with Gasteiger partial charge in [-0.15, -0.1) is 0 Å². The highest BCUT2D eigenvalue weighted by Crippen LogP contribution is 2.25. The number of Topliss-reactive ketones (excluding diaryl/α,β-unsaturated/α-hetero) is 1. The number of pyridine rings is 1. The molecule has 2 aromatic rings. The Morgan fingerprint density at radius 2 is 1.77 bits per heavy atom. The number of nitrogens with zero attached hydrogens (tertiary/aromatic N) is 3. The Labute approximate surface area is 175 Å². The van der Waals surface area contributed by atoms with Gasteiger partial charge >= 0.3 is 6.09 Å². The summed E-state index contributed by atoms with van der Waals surface area (Å²) in [5.74, 6) is -0.0641. The lowest BCUT2D eigenvalue weighted by Gasteiger charge is -2.31. The molecule has 7 nitrogen and oxygen atoms in total. The Bertz CT molecular complexity index is 947. The van der Waals surface area contributed by atoms with Crippen molar-refractivity contribution in [2.45, 2.75) is 32.7 Å². The number of hydrogen-bond acceptors (Lipinski definition) is 5. The molecule has 0 radical (unpaired) electrons. The number of benzene rings is 1. The zero-order chi connectivity index (χ0) is 21.3. The molecule has 3 heterocycles. The van der Waals surface area contributed by atoms with E-state index in [-0.39, 0.29) is 23.7 Å². The second kappa shape index (κ2) is 8.26. The van der Waals surface area contributed by atoms with Crippen LogP contribution in [0.5, 0.6) is 0 Å². The molecular weight excluding hydrogens is 382 g/mol. The lowest BCUT2D eigenvalue weighted by Crippen LogP contribution is -2.40. The molecule has 2 aliphatic heterocycles. The number of likely N-dealkylation sites (tertiary alicyclic amines) is 1. The zero-order valence-electron chi connectivity index (χ0n) is 17.2. The predicted molar refractivity (Wildman–Crippen MR) is 112 cm³/mol. The van der Waals surface area contributed by atoms with E-state index in [0.29, 0.717) is 43.9 Å². The van der Waals surface area contributed by atoms with E-state index in [1.165, 1.54) is 11.1 Å². The number of ether oxygens (including phenoxy) is 1. The summed E-state index contributed by atoms with van der Waals surface area (Å²) < 4.78 is 5.03. The van der Waals surface area contributed by atoms with Crippen LogP contribution in [-0.2, 0) is 4.74 Å². The fourth-order valence-corrected chi connectivity index (χ4v) is 3.99. The SMILES string of the molecule is Cc1ccc(C(=O)C2CCN(C(=O)c3ccc(N4C(=O)OCC4C)cn3)CC2)cc1. The topological polar surface area (TPSA) is 79.8 Å². The second-order valence-corrected chi connectivity index (χ2v) is 7.99. The maximum atomic E-state index is 12.8. The summed E-state index contributed by atoms with van der Waals surface area (Å²) in [6.45, 7) is 5.29. The van der Waals surface area contributed by atoms with Gasteiger partial charge in [0.15, 0.2) is 5.78 Å². The number of carbonyl (C=O) groups is 3.